The first-order valence-electron chi connectivity index (χ1n) is 15.3. The molecule has 40 heavy (non-hydrogen) atoms. The van der Waals surface area contributed by atoms with E-state index < -0.39 is 15.6 Å². The monoisotopic (exact) mass is 576 g/mol. The van der Waals surface area contributed by atoms with Gasteiger partial charge in [0.1, 0.15) is 17.3 Å². The molecule has 0 bridgehead atoms. The zero-order valence-corrected chi connectivity index (χ0v) is 25.1. The van der Waals surface area contributed by atoms with E-state index in [1.807, 2.05) is 4.90 Å². The van der Waals surface area contributed by atoms with Gasteiger partial charge in [0.15, 0.2) is 0 Å². The van der Waals surface area contributed by atoms with Gasteiger partial charge in [-0.3, -0.25) is 14.3 Å². The van der Waals surface area contributed by atoms with E-state index in [0.717, 1.165) is 58.0 Å². The van der Waals surface area contributed by atoms with Gasteiger partial charge in [0, 0.05) is 25.3 Å². The zero-order chi connectivity index (χ0) is 28.6. The van der Waals surface area contributed by atoms with Gasteiger partial charge in [-0.1, -0.05) is 45.4 Å². The number of sulfonamides is 1. The summed E-state index contributed by atoms with van der Waals surface area (Å²) in [5.74, 6) is 1.47. The summed E-state index contributed by atoms with van der Waals surface area (Å²) < 4.78 is 30.9. The van der Waals surface area contributed by atoms with E-state index in [-0.39, 0.29) is 17.9 Å². The van der Waals surface area contributed by atoms with E-state index in [4.69, 9.17) is 4.74 Å². The first kappa shape index (κ1) is 30.6. The standard InChI is InChI=1S/C30H48N4O5S/c1-3-4-19-34-28(35)27(23-24-10-6-5-7-11-24)31-29(36)30(34)16-20-33(21-17-30)18-8-9-22-39-26-14-12-25(13-15-26)32-40(2,37)38/h12-15,24,27,32H,3-11,16-23H2,1-2H3,(H,31,36)/t27-/m0/s1. The molecular formula is C30H48N4O5S. The summed E-state index contributed by atoms with van der Waals surface area (Å²) in [5, 5.41) is 3.19. The van der Waals surface area contributed by atoms with E-state index in [1.165, 1.54) is 32.1 Å². The van der Waals surface area contributed by atoms with Crippen LogP contribution in [0.5, 0.6) is 5.75 Å². The molecule has 1 aromatic carbocycles. The summed E-state index contributed by atoms with van der Waals surface area (Å²) in [6.07, 6.45) is 13.2. The van der Waals surface area contributed by atoms with Crippen LogP contribution in [0.15, 0.2) is 24.3 Å². The molecule has 10 heteroatoms. The molecule has 1 saturated carbocycles. The highest BCUT2D eigenvalue weighted by molar-refractivity contribution is 7.92. The summed E-state index contributed by atoms with van der Waals surface area (Å²) in [6.45, 7) is 5.95. The maximum Gasteiger partial charge on any atom is 0.246 e. The van der Waals surface area contributed by atoms with Crippen molar-refractivity contribution in [2.75, 3.05) is 43.8 Å². The Morgan fingerprint density at radius 2 is 1.70 bits per heavy atom. The number of nitrogens with zero attached hydrogens (tertiary/aromatic N) is 2. The van der Waals surface area contributed by atoms with Crippen LogP contribution in [0.4, 0.5) is 5.69 Å². The lowest BCUT2D eigenvalue weighted by Crippen LogP contribution is -2.73. The molecule has 0 radical (unpaired) electrons. The molecule has 1 aromatic rings. The van der Waals surface area contributed by atoms with Crippen LogP contribution in [-0.4, -0.2) is 80.7 Å². The molecule has 2 saturated heterocycles. The van der Waals surface area contributed by atoms with Crippen LogP contribution in [-0.2, 0) is 19.6 Å². The van der Waals surface area contributed by atoms with Crippen molar-refractivity contribution < 1.29 is 22.7 Å². The first-order chi connectivity index (χ1) is 19.2. The van der Waals surface area contributed by atoms with Crippen molar-refractivity contribution in [3.63, 3.8) is 0 Å². The second kappa shape index (κ2) is 14.0. The number of nitrogens with one attached hydrogen (secondary N) is 2. The Morgan fingerprint density at radius 3 is 2.35 bits per heavy atom. The average Bonchev–Trinajstić information content (AvgIpc) is 2.93. The Labute approximate surface area is 240 Å². The fourth-order valence-corrected chi connectivity index (χ4v) is 7.10. The van der Waals surface area contributed by atoms with E-state index in [9.17, 15) is 18.0 Å². The Balaban J connectivity index is 1.23. The minimum atomic E-state index is -3.29. The van der Waals surface area contributed by atoms with Crippen molar-refractivity contribution in [2.24, 2.45) is 5.92 Å². The van der Waals surface area contributed by atoms with Crippen molar-refractivity contribution in [3.05, 3.63) is 24.3 Å². The Bertz CT molecular complexity index is 1080. The maximum absolute atomic E-state index is 13.7. The summed E-state index contributed by atoms with van der Waals surface area (Å²) >= 11 is 0. The highest BCUT2D eigenvalue weighted by Gasteiger charge is 2.53. The SMILES string of the molecule is CCCCN1C(=O)[C@H](CC2CCCCC2)NC(=O)C12CCN(CCCCOc1ccc(NS(C)(=O)=O)cc1)CC2. The Hall–Kier alpha value is -2.33. The Kier molecular flexibility index (Phi) is 10.7. The number of benzene rings is 1. The van der Waals surface area contributed by atoms with Crippen molar-refractivity contribution in [1.82, 2.24) is 15.1 Å². The number of piperidine rings is 1. The second-order valence-electron chi connectivity index (χ2n) is 11.9. The van der Waals surface area contributed by atoms with Gasteiger partial charge in [-0.25, -0.2) is 8.42 Å². The van der Waals surface area contributed by atoms with Crippen LogP contribution in [0.3, 0.4) is 0 Å². The van der Waals surface area contributed by atoms with Crippen LogP contribution in [0.2, 0.25) is 0 Å². The topological polar surface area (TPSA) is 108 Å². The average molecular weight is 577 g/mol. The van der Waals surface area contributed by atoms with Crippen LogP contribution in [0.25, 0.3) is 0 Å². The molecule has 224 valence electrons. The quantitative estimate of drug-likeness (QED) is 0.342. The normalized spacial score (nSPS) is 22.4. The largest absolute Gasteiger partial charge is 0.494 e. The lowest BCUT2D eigenvalue weighted by molar-refractivity contribution is -0.162. The van der Waals surface area contributed by atoms with Gasteiger partial charge in [-0.15, -0.1) is 0 Å². The number of hydrogen-bond acceptors (Lipinski definition) is 6. The lowest BCUT2D eigenvalue weighted by Gasteiger charge is -2.52. The minimum absolute atomic E-state index is 0.0646. The molecule has 0 aromatic heterocycles. The third-order valence-electron chi connectivity index (χ3n) is 8.82. The molecule has 2 heterocycles. The molecule has 1 atom stereocenters. The van der Waals surface area contributed by atoms with Gasteiger partial charge in [-0.05, 0) is 75.3 Å². The molecular weight excluding hydrogens is 528 g/mol. The van der Waals surface area contributed by atoms with E-state index in [2.05, 4.69) is 21.9 Å². The molecule has 3 fully saturated rings. The van der Waals surface area contributed by atoms with E-state index in [0.29, 0.717) is 43.3 Å². The molecule has 4 rings (SSSR count). The number of carbonyl (C=O) groups excluding carboxylic acids is 2. The number of hydrogen-bond donors (Lipinski definition) is 2. The highest BCUT2D eigenvalue weighted by atomic mass is 32.2. The molecule has 2 aliphatic heterocycles. The van der Waals surface area contributed by atoms with Gasteiger partial charge < -0.3 is 19.9 Å². The number of amides is 2. The van der Waals surface area contributed by atoms with Crippen LogP contribution < -0.4 is 14.8 Å². The zero-order valence-electron chi connectivity index (χ0n) is 24.3. The van der Waals surface area contributed by atoms with Gasteiger partial charge >= 0.3 is 0 Å². The molecule has 3 aliphatic rings. The second-order valence-corrected chi connectivity index (χ2v) is 13.7. The molecule has 9 nitrogen and oxygen atoms in total. The molecule has 0 unspecified atom stereocenters. The van der Waals surface area contributed by atoms with Gasteiger partial charge in [0.2, 0.25) is 21.8 Å². The number of ether oxygens (including phenoxy) is 1. The summed E-state index contributed by atoms with van der Waals surface area (Å²) in [5.41, 5.74) is -0.188. The van der Waals surface area contributed by atoms with Crippen LogP contribution in [0.1, 0.15) is 84.0 Å². The number of likely N-dealkylation sites (tertiary alicyclic amines) is 1. The molecule has 1 aliphatic carbocycles. The third kappa shape index (κ3) is 8.12. The third-order valence-corrected chi connectivity index (χ3v) is 9.42. The fourth-order valence-electron chi connectivity index (χ4n) is 6.54. The minimum Gasteiger partial charge on any atom is -0.494 e. The summed E-state index contributed by atoms with van der Waals surface area (Å²) in [4.78, 5) is 31.7. The Morgan fingerprint density at radius 1 is 1.00 bits per heavy atom. The van der Waals surface area contributed by atoms with Gasteiger partial charge in [0.25, 0.3) is 0 Å². The van der Waals surface area contributed by atoms with E-state index in [1.54, 1.807) is 24.3 Å². The fraction of sp³-hybridized carbons (Fsp3) is 0.733. The number of carbonyl (C=O) groups is 2. The summed E-state index contributed by atoms with van der Waals surface area (Å²) in [6, 6.07) is 6.54. The van der Waals surface area contributed by atoms with Crippen LogP contribution >= 0.6 is 0 Å². The van der Waals surface area contributed by atoms with Crippen LogP contribution in [0, 0.1) is 5.92 Å². The maximum atomic E-state index is 13.7. The number of piperazine rings is 1. The lowest BCUT2D eigenvalue weighted by atomic mass is 9.79. The van der Waals surface area contributed by atoms with Gasteiger partial charge in [0.05, 0.1) is 12.9 Å². The van der Waals surface area contributed by atoms with Crippen molar-refractivity contribution in [1.29, 1.82) is 0 Å². The van der Waals surface area contributed by atoms with Gasteiger partial charge in [-0.2, -0.15) is 0 Å². The molecule has 2 amide bonds. The van der Waals surface area contributed by atoms with Crippen molar-refractivity contribution >= 4 is 27.5 Å². The van der Waals surface area contributed by atoms with Crippen molar-refractivity contribution in [3.8, 4) is 5.75 Å². The molecule has 1 spiro atoms. The molecule has 2 N–H and O–H groups in total. The number of anilines is 1. The highest BCUT2D eigenvalue weighted by Crippen LogP contribution is 2.36. The summed E-state index contributed by atoms with van der Waals surface area (Å²) in [7, 11) is -3.29. The predicted molar refractivity (Wildman–Crippen MR) is 158 cm³/mol. The first-order valence-corrected chi connectivity index (χ1v) is 17.1. The van der Waals surface area contributed by atoms with Crippen molar-refractivity contribution in [2.45, 2.75) is 95.6 Å². The smallest absolute Gasteiger partial charge is 0.246 e. The number of rotatable bonds is 13. The number of unbranched alkanes of at least 4 members (excludes halogenated alkanes) is 2. The predicted octanol–water partition coefficient (Wildman–Crippen LogP) is 4.15. The van der Waals surface area contributed by atoms with E-state index >= 15 is 0 Å².